The third-order valence-corrected chi connectivity index (χ3v) is 3.90. The summed E-state index contributed by atoms with van der Waals surface area (Å²) >= 11 is 0. The number of hydrogen-bond acceptors (Lipinski definition) is 4. The molecule has 1 aromatic carbocycles. The van der Waals surface area contributed by atoms with Crippen molar-refractivity contribution in [3.05, 3.63) is 29.8 Å². The minimum absolute atomic E-state index is 0.0690. The summed E-state index contributed by atoms with van der Waals surface area (Å²) < 4.78 is 10.6. The maximum Gasteiger partial charge on any atom is 0.315 e. The van der Waals surface area contributed by atoms with Crippen molar-refractivity contribution in [1.29, 1.82) is 0 Å². The van der Waals surface area contributed by atoms with Crippen LogP contribution in [0.15, 0.2) is 24.3 Å². The lowest BCUT2D eigenvalue weighted by atomic mass is 10.0. The molecule has 0 unspecified atom stereocenters. The van der Waals surface area contributed by atoms with E-state index in [1.807, 2.05) is 31.2 Å². The zero-order valence-corrected chi connectivity index (χ0v) is 14.1. The van der Waals surface area contributed by atoms with E-state index in [0.717, 1.165) is 17.7 Å². The zero-order chi connectivity index (χ0) is 17.4. The smallest absolute Gasteiger partial charge is 0.315 e. The van der Waals surface area contributed by atoms with Crippen LogP contribution in [0.4, 0.5) is 4.79 Å². The highest BCUT2D eigenvalue weighted by molar-refractivity contribution is 5.84. The number of ether oxygens (including phenoxy) is 2. The number of nitrogens with one attached hydrogen (secondary N) is 3. The molecule has 7 heteroatoms. The van der Waals surface area contributed by atoms with Crippen molar-refractivity contribution in [3.63, 3.8) is 0 Å². The molecule has 1 aromatic rings. The fourth-order valence-corrected chi connectivity index (χ4v) is 2.60. The molecular formula is C17H25N3O4. The molecule has 0 aromatic heterocycles. The Morgan fingerprint density at radius 2 is 2.17 bits per heavy atom. The third-order valence-electron chi connectivity index (χ3n) is 3.90. The SMILES string of the molecule is CC[C@@H](COC)NC(=O)NCC(=O)N[C@H]1CCOc2ccccc21. The van der Waals surface area contributed by atoms with Gasteiger partial charge in [0.05, 0.1) is 31.8 Å². The van der Waals surface area contributed by atoms with Crippen LogP contribution in [0.1, 0.15) is 31.4 Å². The van der Waals surface area contributed by atoms with Gasteiger partial charge in [0, 0.05) is 19.1 Å². The molecule has 0 saturated carbocycles. The molecule has 0 fully saturated rings. The van der Waals surface area contributed by atoms with Crippen LogP contribution in [-0.4, -0.2) is 44.8 Å². The molecule has 1 heterocycles. The van der Waals surface area contributed by atoms with Gasteiger partial charge >= 0.3 is 6.03 Å². The maximum absolute atomic E-state index is 12.1. The van der Waals surface area contributed by atoms with Gasteiger partial charge in [-0.1, -0.05) is 25.1 Å². The van der Waals surface area contributed by atoms with Gasteiger partial charge in [0.2, 0.25) is 5.91 Å². The predicted molar refractivity (Wildman–Crippen MR) is 89.9 cm³/mol. The molecular weight excluding hydrogens is 310 g/mol. The summed E-state index contributed by atoms with van der Waals surface area (Å²) in [7, 11) is 1.58. The molecule has 132 valence electrons. The van der Waals surface area contributed by atoms with E-state index >= 15 is 0 Å². The lowest BCUT2D eigenvalue weighted by Gasteiger charge is -2.26. The Morgan fingerprint density at radius 1 is 1.38 bits per heavy atom. The minimum atomic E-state index is -0.374. The van der Waals surface area contributed by atoms with Crippen LogP contribution in [0.5, 0.6) is 5.75 Å². The quantitative estimate of drug-likeness (QED) is 0.702. The first kappa shape index (κ1) is 18.1. The largest absolute Gasteiger partial charge is 0.493 e. The average molecular weight is 335 g/mol. The lowest BCUT2D eigenvalue weighted by molar-refractivity contribution is -0.121. The minimum Gasteiger partial charge on any atom is -0.493 e. The van der Waals surface area contributed by atoms with E-state index in [2.05, 4.69) is 16.0 Å². The first-order chi connectivity index (χ1) is 11.6. The summed E-state index contributed by atoms with van der Waals surface area (Å²) in [4.78, 5) is 23.9. The highest BCUT2D eigenvalue weighted by Crippen LogP contribution is 2.31. The highest BCUT2D eigenvalue weighted by atomic mass is 16.5. The van der Waals surface area contributed by atoms with E-state index in [4.69, 9.17) is 9.47 Å². The highest BCUT2D eigenvalue weighted by Gasteiger charge is 2.22. The second kappa shape index (κ2) is 9.12. The van der Waals surface area contributed by atoms with Crippen LogP contribution in [0.3, 0.4) is 0 Å². The van der Waals surface area contributed by atoms with E-state index < -0.39 is 0 Å². The lowest BCUT2D eigenvalue weighted by Crippen LogP contribution is -2.47. The summed E-state index contributed by atoms with van der Waals surface area (Å²) in [5, 5.41) is 8.27. The van der Waals surface area contributed by atoms with Crippen molar-refractivity contribution >= 4 is 11.9 Å². The van der Waals surface area contributed by atoms with Gasteiger partial charge in [0.1, 0.15) is 5.75 Å². The van der Waals surface area contributed by atoms with Crippen molar-refractivity contribution in [1.82, 2.24) is 16.0 Å². The molecule has 0 bridgehead atoms. The molecule has 2 atom stereocenters. The number of hydrogen-bond donors (Lipinski definition) is 3. The van der Waals surface area contributed by atoms with Gasteiger partial charge < -0.3 is 25.4 Å². The Bertz CT molecular complexity index is 565. The number of methoxy groups -OCH3 is 1. The number of carbonyl (C=O) groups excluding carboxylic acids is 2. The van der Waals surface area contributed by atoms with Crippen molar-refractivity contribution in [2.75, 3.05) is 26.9 Å². The van der Waals surface area contributed by atoms with Crippen molar-refractivity contribution in [2.24, 2.45) is 0 Å². The Balaban J connectivity index is 1.79. The molecule has 0 spiro atoms. The van der Waals surface area contributed by atoms with Crippen LogP contribution in [0.25, 0.3) is 0 Å². The van der Waals surface area contributed by atoms with Gasteiger partial charge in [-0.2, -0.15) is 0 Å². The average Bonchev–Trinajstić information content (AvgIpc) is 2.60. The van der Waals surface area contributed by atoms with Crippen LogP contribution in [-0.2, 0) is 9.53 Å². The first-order valence-corrected chi connectivity index (χ1v) is 8.18. The Kier molecular flexibility index (Phi) is 6.87. The van der Waals surface area contributed by atoms with Gasteiger partial charge in [0.15, 0.2) is 0 Å². The predicted octanol–water partition coefficient (Wildman–Crippen LogP) is 1.35. The Morgan fingerprint density at radius 3 is 2.92 bits per heavy atom. The van der Waals surface area contributed by atoms with Gasteiger partial charge in [-0.15, -0.1) is 0 Å². The van der Waals surface area contributed by atoms with E-state index in [1.165, 1.54) is 0 Å². The summed E-state index contributed by atoms with van der Waals surface area (Å²) in [6.07, 6.45) is 1.47. The van der Waals surface area contributed by atoms with Gasteiger partial charge in [-0.25, -0.2) is 4.79 Å². The summed E-state index contributed by atoms with van der Waals surface area (Å²) in [5.74, 6) is 0.566. The first-order valence-electron chi connectivity index (χ1n) is 8.18. The van der Waals surface area contributed by atoms with Gasteiger partial charge in [-0.05, 0) is 12.5 Å². The standard InChI is InChI=1S/C17H25N3O4/c1-3-12(11-23-2)19-17(22)18-10-16(21)20-14-8-9-24-15-7-5-4-6-13(14)15/h4-7,12,14H,3,8-11H2,1-2H3,(H,20,21)(H2,18,19,22)/t12-,14-/m0/s1. The zero-order valence-electron chi connectivity index (χ0n) is 14.1. The fourth-order valence-electron chi connectivity index (χ4n) is 2.60. The maximum atomic E-state index is 12.1. The second-order valence-electron chi connectivity index (χ2n) is 5.68. The second-order valence-corrected chi connectivity index (χ2v) is 5.68. The molecule has 0 radical (unpaired) electrons. The molecule has 2 rings (SSSR count). The normalized spacial score (nSPS) is 17.2. The molecule has 3 amide bonds. The van der Waals surface area contributed by atoms with E-state index in [1.54, 1.807) is 7.11 Å². The number of fused-ring (bicyclic) bond motifs is 1. The molecule has 24 heavy (non-hydrogen) atoms. The van der Waals surface area contributed by atoms with E-state index in [9.17, 15) is 9.59 Å². The van der Waals surface area contributed by atoms with Gasteiger partial charge in [0.25, 0.3) is 0 Å². The summed E-state index contributed by atoms with van der Waals surface area (Å²) in [6.45, 7) is 2.88. The van der Waals surface area contributed by atoms with Crippen LogP contribution < -0.4 is 20.7 Å². The molecule has 1 aliphatic rings. The Labute approximate surface area is 142 Å². The molecule has 0 saturated heterocycles. The van der Waals surface area contributed by atoms with Gasteiger partial charge in [-0.3, -0.25) is 4.79 Å². The van der Waals surface area contributed by atoms with Crippen LogP contribution >= 0.6 is 0 Å². The molecule has 0 aliphatic carbocycles. The van der Waals surface area contributed by atoms with Crippen molar-refractivity contribution < 1.29 is 19.1 Å². The Hall–Kier alpha value is -2.28. The number of carbonyl (C=O) groups is 2. The van der Waals surface area contributed by atoms with Crippen LogP contribution in [0, 0.1) is 0 Å². The summed E-state index contributed by atoms with van der Waals surface area (Å²) in [5.41, 5.74) is 0.965. The van der Waals surface area contributed by atoms with Crippen molar-refractivity contribution in [3.8, 4) is 5.75 Å². The van der Waals surface area contributed by atoms with Crippen molar-refractivity contribution in [2.45, 2.75) is 31.8 Å². The monoisotopic (exact) mass is 335 g/mol. The number of urea groups is 1. The molecule has 3 N–H and O–H groups in total. The number of rotatable bonds is 7. The van der Waals surface area contributed by atoms with E-state index in [-0.39, 0.29) is 30.6 Å². The van der Waals surface area contributed by atoms with Crippen LogP contribution in [0.2, 0.25) is 0 Å². The topological polar surface area (TPSA) is 88.7 Å². The number of amides is 3. The third kappa shape index (κ3) is 5.13. The van der Waals surface area contributed by atoms with E-state index in [0.29, 0.717) is 19.6 Å². The summed E-state index contributed by atoms with van der Waals surface area (Å²) in [6, 6.07) is 7.11. The molecule has 1 aliphatic heterocycles. The number of benzene rings is 1. The molecule has 7 nitrogen and oxygen atoms in total. The number of para-hydroxylation sites is 1. The fraction of sp³-hybridized carbons (Fsp3) is 0.529.